The van der Waals surface area contributed by atoms with Gasteiger partial charge >= 0.3 is 5.97 Å². The van der Waals surface area contributed by atoms with Crippen LogP contribution in [0.25, 0.3) is 21.7 Å². The number of anilines is 2. The second-order valence-corrected chi connectivity index (χ2v) is 10.4. The minimum absolute atomic E-state index is 0.187. The van der Waals surface area contributed by atoms with Gasteiger partial charge in [0.15, 0.2) is 15.0 Å². The summed E-state index contributed by atoms with van der Waals surface area (Å²) in [6.07, 6.45) is 1.16. The van der Waals surface area contributed by atoms with Gasteiger partial charge < -0.3 is 10.1 Å². The molecule has 0 aliphatic rings. The molecule has 0 aliphatic carbocycles. The zero-order chi connectivity index (χ0) is 24.3. The first-order chi connectivity index (χ1) is 16.3. The number of ether oxygens (including phenoxy) is 1. The van der Waals surface area contributed by atoms with Crippen LogP contribution in [0.4, 0.5) is 15.2 Å². The van der Waals surface area contributed by atoms with Crippen molar-refractivity contribution in [3.63, 3.8) is 0 Å². The van der Waals surface area contributed by atoms with Gasteiger partial charge in [0.2, 0.25) is 0 Å². The van der Waals surface area contributed by atoms with Crippen molar-refractivity contribution in [1.29, 1.82) is 0 Å². The molecule has 0 unspecified atom stereocenters. The highest BCUT2D eigenvalue weighted by atomic mass is 32.2. The molecule has 0 saturated carbocycles. The van der Waals surface area contributed by atoms with Crippen LogP contribution in [0.1, 0.15) is 17.3 Å². The highest BCUT2D eigenvalue weighted by molar-refractivity contribution is 7.90. The van der Waals surface area contributed by atoms with Crippen LogP contribution < -0.4 is 5.32 Å². The summed E-state index contributed by atoms with van der Waals surface area (Å²) < 4.78 is 43.4. The van der Waals surface area contributed by atoms with Crippen molar-refractivity contribution in [1.82, 2.24) is 4.98 Å². The number of aromatic nitrogens is 1. The number of hydrogen-bond donors (Lipinski definition) is 1. The number of esters is 1. The van der Waals surface area contributed by atoms with E-state index in [2.05, 4.69) is 5.32 Å². The van der Waals surface area contributed by atoms with Crippen molar-refractivity contribution in [3.05, 3.63) is 84.2 Å². The summed E-state index contributed by atoms with van der Waals surface area (Å²) in [5.74, 6) is -0.779. The van der Waals surface area contributed by atoms with Crippen LogP contribution in [0.3, 0.4) is 0 Å². The predicted molar refractivity (Wildman–Crippen MR) is 132 cm³/mol. The molecule has 3 aromatic carbocycles. The topological polar surface area (TPSA) is 85.4 Å². The van der Waals surface area contributed by atoms with Crippen molar-refractivity contribution in [2.24, 2.45) is 0 Å². The number of hydrogen-bond acceptors (Lipinski definition) is 7. The lowest BCUT2D eigenvalue weighted by Crippen LogP contribution is -2.04. The van der Waals surface area contributed by atoms with Crippen LogP contribution in [0.2, 0.25) is 0 Å². The number of thiazole rings is 1. The molecule has 0 aliphatic heterocycles. The summed E-state index contributed by atoms with van der Waals surface area (Å²) in [7, 11) is -3.50. The number of nitrogens with one attached hydrogen (secondary N) is 1. The SMILES string of the molecule is CCOC(=O)c1ccc(Nc2nc(-c3ccc(F)cc3)c(-c3ccccc3S(C)(=O)=O)s2)cc1. The number of nitrogens with zero attached hydrogens (tertiary/aromatic N) is 1. The smallest absolute Gasteiger partial charge is 0.338 e. The van der Waals surface area contributed by atoms with E-state index in [1.54, 1.807) is 67.6 Å². The van der Waals surface area contributed by atoms with Gasteiger partial charge in [-0.25, -0.2) is 22.6 Å². The van der Waals surface area contributed by atoms with E-state index in [0.29, 0.717) is 44.7 Å². The third kappa shape index (κ3) is 5.16. The Hall–Kier alpha value is -3.56. The lowest BCUT2D eigenvalue weighted by molar-refractivity contribution is 0.0526. The maximum Gasteiger partial charge on any atom is 0.338 e. The molecule has 0 atom stereocenters. The van der Waals surface area contributed by atoms with Crippen LogP contribution in [-0.4, -0.2) is 32.2 Å². The molecule has 0 spiro atoms. The number of benzene rings is 3. The maximum atomic E-state index is 13.5. The highest BCUT2D eigenvalue weighted by Gasteiger charge is 2.21. The van der Waals surface area contributed by atoms with Crippen LogP contribution in [0.15, 0.2) is 77.7 Å². The summed E-state index contributed by atoms with van der Waals surface area (Å²) in [6.45, 7) is 2.04. The number of carbonyl (C=O) groups is 1. The molecule has 0 radical (unpaired) electrons. The first kappa shape index (κ1) is 23.6. The van der Waals surface area contributed by atoms with E-state index in [0.717, 1.165) is 6.26 Å². The van der Waals surface area contributed by atoms with Crippen molar-refractivity contribution in [3.8, 4) is 21.7 Å². The second kappa shape index (κ2) is 9.74. The molecule has 0 bridgehead atoms. The van der Waals surface area contributed by atoms with Gasteiger partial charge in [0.25, 0.3) is 0 Å². The summed E-state index contributed by atoms with van der Waals surface area (Å²) in [6, 6.07) is 19.4. The van der Waals surface area contributed by atoms with Gasteiger partial charge in [-0.2, -0.15) is 0 Å². The zero-order valence-corrected chi connectivity index (χ0v) is 20.0. The molecule has 4 rings (SSSR count). The van der Waals surface area contributed by atoms with Gasteiger partial charge in [0, 0.05) is 23.1 Å². The fourth-order valence-electron chi connectivity index (χ4n) is 3.36. The highest BCUT2D eigenvalue weighted by Crippen LogP contribution is 2.42. The van der Waals surface area contributed by atoms with Gasteiger partial charge in [0.1, 0.15) is 5.82 Å². The van der Waals surface area contributed by atoms with E-state index in [-0.39, 0.29) is 10.7 Å². The molecule has 174 valence electrons. The number of rotatable bonds is 7. The molecule has 0 fully saturated rings. The lowest BCUT2D eigenvalue weighted by Gasteiger charge is -2.08. The third-order valence-corrected chi connectivity index (χ3v) is 7.08. The Bertz CT molecular complexity index is 1430. The standard InChI is InChI=1S/C25H21FN2O4S2/c1-3-32-24(29)17-10-14-19(15-11-17)27-25-28-22(16-8-12-18(26)13-9-16)23(33-25)20-6-4-5-7-21(20)34(2,30)31/h4-15H,3H2,1-2H3,(H,27,28). The maximum absolute atomic E-state index is 13.5. The summed E-state index contributed by atoms with van der Waals surface area (Å²) in [4.78, 5) is 17.4. The van der Waals surface area contributed by atoms with E-state index < -0.39 is 15.8 Å². The van der Waals surface area contributed by atoms with Gasteiger partial charge in [-0.15, -0.1) is 0 Å². The summed E-state index contributed by atoms with van der Waals surface area (Å²) in [5, 5.41) is 3.72. The fraction of sp³-hybridized carbons (Fsp3) is 0.120. The zero-order valence-electron chi connectivity index (χ0n) is 18.4. The Kier molecular flexibility index (Phi) is 6.76. The van der Waals surface area contributed by atoms with Crippen LogP contribution in [0.5, 0.6) is 0 Å². The Labute approximate surface area is 201 Å². The molecule has 6 nitrogen and oxygen atoms in total. The summed E-state index contributed by atoms with van der Waals surface area (Å²) >= 11 is 1.28. The molecular weight excluding hydrogens is 475 g/mol. The van der Waals surface area contributed by atoms with Gasteiger partial charge in [0.05, 0.1) is 27.6 Å². The molecule has 9 heteroatoms. The normalized spacial score (nSPS) is 11.3. The van der Waals surface area contributed by atoms with E-state index in [1.165, 1.54) is 23.5 Å². The quantitative estimate of drug-likeness (QED) is 0.319. The van der Waals surface area contributed by atoms with E-state index in [9.17, 15) is 17.6 Å². The van der Waals surface area contributed by atoms with Crippen molar-refractivity contribution in [2.75, 3.05) is 18.2 Å². The number of sulfone groups is 1. The van der Waals surface area contributed by atoms with Crippen molar-refractivity contribution >= 4 is 38.0 Å². The molecule has 34 heavy (non-hydrogen) atoms. The molecule has 1 aromatic heterocycles. The monoisotopic (exact) mass is 496 g/mol. The van der Waals surface area contributed by atoms with E-state index in [4.69, 9.17) is 9.72 Å². The fourth-order valence-corrected chi connectivity index (χ4v) is 5.37. The Balaban J connectivity index is 1.77. The first-order valence-corrected chi connectivity index (χ1v) is 13.1. The van der Waals surface area contributed by atoms with Crippen LogP contribution in [-0.2, 0) is 14.6 Å². The minimum atomic E-state index is -3.50. The Morgan fingerprint density at radius 2 is 1.71 bits per heavy atom. The third-order valence-electron chi connectivity index (χ3n) is 4.92. The van der Waals surface area contributed by atoms with E-state index >= 15 is 0 Å². The number of carbonyl (C=O) groups excluding carboxylic acids is 1. The summed E-state index contributed by atoms with van der Waals surface area (Å²) in [5.41, 5.74) is 2.83. The molecule has 1 N–H and O–H groups in total. The van der Waals surface area contributed by atoms with Crippen LogP contribution >= 0.6 is 11.3 Å². The molecule has 4 aromatic rings. The number of halogens is 1. The lowest BCUT2D eigenvalue weighted by atomic mass is 10.1. The Morgan fingerprint density at radius 3 is 2.35 bits per heavy atom. The van der Waals surface area contributed by atoms with Gasteiger partial charge in [-0.1, -0.05) is 29.5 Å². The van der Waals surface area contributed by atoms with E-state index in [1.807, 2.05) is 0 Å². The predicted octanol–water partition coefficient (Wildman–Crippen LogP) is 5.94. The Morgan fingerprint density at radius 1 is 1.03 bits per heavy atom. The molecule has 0 amide bonds. The van der Waals surface area contributed by atoms with Crippen molar-refractivity contribution < 1.29 is 22.3 Å². The van der Waals surface area contributed by atoms with Gasteiger partial charge in [-0.3, -0.25) is 0 Å². The van der Waals surface area contributed by atoms with Crippen molar-refractivity contribution in [2.45, 2.75) is 11.8 Å². The average Bonchev–Trinajstić information content (AvgIpc) is 3.23. The van der Waals surface area contributed by atoms with Gasteiger partial charge in [-0.05, 0) is 61.5 Å². The molecular formula is C25H21FN2O4S2. The largest absolute Gasteiger partial charge is 0.462 e. The molecule has 1 heterocycles. The molecule has 0 saturated heterocycles. The van der Waals surface area contributed by atoms with Crippen LogP contribution in [0, 0.1) is 5.82 Å². The average molecular weight is 497 g/mol. The first-order valence-electron chi connectivity index (χ1n) is 10.4. The minimum Gasteiger partial charge on any atom is -0.462 e. The second-order valence-electron chi connectivity index (χ2n) is 7.39.